The van der Waals surface area contributed by atoms with Crippen molar-refractivity contribution in [3.63, 3.8) is 0 Å². The van der Waals surface area contributed by atoms with Crippen molar-refractivity contribution in [1.29, 1.82) is 0 Å². The van der Waals surface area contributed by atoms with Crippen LogP contribution in [0.15, 0.2) is 0 Å². The van der Waals surface area contributed by atoms with E-state index in [2.05, 4.69) is 32.7 Å². The van der Waals surface area contributed by atoms with Gasteiger partial charge in [-0.25, -0.2) is 4.98 Å². The minimum atomic E-state index is 0.700. The molecule has 1 aromatic rings. The fourth-order valence-corrected chi connectivity index (χ4v) is 2.66. The highest BCUT2D eigenvalue weighted by molar-refractivity contribution is 7.11. The van der Waals surface area contributed by atoms with Crippen molar-refractivity contribution < 1.29 is 0 Å². The number of unbranched alkanes of at least 4 members (excludes halogenated alkanes) is 1. The lowest BCUT2D eigenvalue weighted by molar-refractivity contribution is 0.628. The van der Waals surface area contributed by atoms with E-state index in [-0.39, 0.29) is 0 Å². The number of aryl methyl sites for hydroxylation is 2. The summed E-state index contributed by atoms with van der Waals surface area (Å²) in [5, 5.41) is 1.20. The molecule has 13 heavy (non-hydrogen) atoms. The van der Waals surface area contributed by atoms with Gasteiger partial charge in [0.25, 0.3) is 0 Å². The van der Waals surface area contributed by atoms with Crippen LogP contribution in [-0.2, 0) is 0 Å². The Bertz CT molecular complexity index is 265. The molecule has 2 heteroatoms. The van der Waals surface area contributed by atoms with Gasteiger partial charge in [-0.05, 0) is 26.2 Å². The van der Waals surface area contributed by atoms with E-state index in [1.54, 1.807) is 0 Å². The maximum absolute atomic E-state index is 4.46. The molecule has 1 heterocycles. The second-order valence-corrected chi connectivity index (χ2v) is 4.96. The first-order chi connectivity index (χ1) is 6.15. The summed E-state index contributed by atoms with van der Waals surface area (Å²) < 4.78 is 0. The summed E-state index contributed by atoms with van der Waals surface area (Å²) in [4.78, 5) is 5.95. The predicted octanol–water partition coefficient (Wildman–Crippen LogP) is 4.05. The van der Waals surface area contributed by atoms with Gasteiger partial charge in [0.2, 0.25) is 0 Å². The molecule has 1 unspecified atom stereocenters. The van der Waals surface area contributed by atoms with Crippen LogP contribution >= 0.6 is 11.3 Å². The average Bonchev–Trinajstić information content (AvgIpc) is 2.41. The second kappa shape index (κ2) is 4.75. The Hall–Kier alpha value is -0.370. The van der Waals surface area contributed by atoms with Crippen molar-refractivity contribution in [1.82, 2.24) is 4.98 Å². The molecule has 0 radical (unpaired) electrons. The molecule has 1 atom stereocenters. The summed E-state index contributed by atoms with van der Waals surface area (Å²) in [5.74, 6) is 0.700. The molecule has 1 nitrogen and oxygen atoms in total. The predicted molar refractivity (Wildman–Crippen MR) is 59.5 cm³/mol. The van der Waals surface area contributed by atoms with Crippen LogP contribution in [0, 0.1) is 13.8 Å². The van der Waals surface area contributed by atoms with Crippen LogP contribution in [-0.4, -0.2) is 4.98 Å². The molecule has 0 saturated carbocycles. The van der Waals surface area contributed by atoms with E-state index < -0.39 is 0 Å². The third kappa shape index (κ3) is 2.80. The largest absolute Gasteiger partial charge is 0.247 e. The van der Waals surface area contributed by atoms with Crippen molar-refractivity contribution in [3.8, 4) is 0 Å². The van der Waals surface area contributed by atoms with Crippen LogP contribution in [0.25, 0.3) is 0 Å². The number of thiazole rings is 1. The molecule has 0 bridgehead atoms. The zero-order chi connectivity index (χ0) is 9.84. The average molecular weight is 197 g/mol. The number of aromatic nitrogens is 1. The highest BCUT2D eigenvalue weighted by Gasteiger charge is 2.11. The molecule has 0 aliphatic heterocycles. The van der Waals surface area contributed by atoms with Gasteiger partial charge in [0.15, 0.2) is 0 Å². The maximum Gasteiger partial charge on any atom is 0.0900 e. The van der Waals surface area contributed by atoms with E-state index in [1.807, 2.05) is 11.3 Å². The molecule has 0 fully saturated rings. The van der Waals surface area contributed by atoms with Crippen molar-refractivity contribution in [2.24, 2.45) is 0 Å². The van der Waals surface area contributed by atoms with Crippen LogP contribution < -0.4 is 0 Å². The summed E-state index contributed by atoms with van der Waals surface area (Å²) in [6, 6.07) is 0. The quantitative estimate of drug-likeness (QED) is 0.709. The van der Waals surface area contributed by atoms with Crippen LogP contribution in [0.5, 0.6) is 0 Å². The summed E-state index contributed by atoms with van der Waals surface area (Å²) in [7, 11) is 0. The molecule has 0 aliphatic rings. The van der Waals surface area contributed by atoms with Crippen molar-refractivity contribution >= 4 is 11.3 Å². The van der Waals surface area contributed by atoms with Gasteiger partial charge < -0.3 is 0 Å². The van der Waals surface area contributed by atoms with E-state index in [0.717, 1.165) is 0 Å². The molecule has 0 spiro atoms. The normalized spacial score (nSPS) is 13.2. The fourth-order valence-electron chi connectivity index (χ4n) is 1.65. The van der Waals surface area contributed by atoms with E-state index >= 15 is 0 Å². The highest BCUT2D eigenvalue weighted by atomic mass is 32.1. The monoisotopic (exact) mass is 197 g/mol. The van der Waals surface area contributed by atoms with Crippen LogP contribution in [0.2, 0.25) is 0 Å². The van der Waals surface area contributed by atoms with Crippen LogP contribution in [0.3, 0.4) is 0 Å². The molecule has 0 saturated heterocycles. The van der Waals surface area contributed by atoms with E-state index in [1.165, 1.54) is 34.8 Å². The minimum Gasteiger partial charge on any atom is -0.247 e. The van der Waals surface area contributed by atoms with Gasteiger partial charge in [-0.3, -0.25) is 0 Å². The Balaban J connectivity index is 2.64. The van der Waals surface area contributed by atoms with E-state index in [9.17, 15) is 0 Å². The lowest BCUT2D eigenvalue weighted by Gasteiger charge is -2.08. The molecule has 0 aromatic carbocycles. The lowest BCUT2D eigenvalue weighted by Crippen LogP contribution is -1.92. The third-order valence-corrected chi connectivity index (χ3v) is 3.68. The Morgan fingerprint density at radius 2 is 2.08 bits per heavy atom. The fraction of sp³-hybridized carbons (Fsp3) is 0.727. The van der Waals surface area contributed by atoms with Gasteiger partial charge in [0.1, 0.15) is 0 Å². The first-order valence-electron chi connectivity index (χ1n) is 5.09. The standard InChI is InChI=1S/C11H19NS/c1-5-6-7-8(2)11-9(3)12-10(4)13-11/h8H,5-7H2,1-4H3. The molecule has 1 aromatic heterocycles. The zero-order valence-corrected chi connectivity index (χ0v) is 9.87. The maximum atomic E-state index is 4.46. The van der Waals surface area contributed by atoms with Crippen molar-refractivity contribution in [3.05, 3.63) is 15.6 Å². The first-order valence-corrected chi connectivity index (χ1v) is 5.90. The van der Waals surface area contributed by atoms with Gasteiger partial charge in [0.05, 0.1) is 10.7 Å². The summed E-state index contributed by atoms with van der Waals surface area (Å²) in [5.41, 5.74) is 1.24. The highest BCUT2D eigenvalue weighted by Crippen LogP contribution is 2.29. The number of nitrogens with zero attached hydrogens (tertiary/aromatic N) is 1. The zero-order valence-electron chi connectivity index (χ0n) is 9.05. The van der Waals surface area contributed by atoms with Gasteiger partial charge in [-0.15, -0.1) is 11.3 Å². The van der Waals surface area contributed by atoms with Gasteiger partial charge in [0, 0.05) is 4.88 Å². The number of hydrogen-bond donors (Lipinski definition) is 0. The molecule has 0 N–H and O–H groups in total. The van der Waals surface area contributed by atoms with E-state index in [0.29, 0.717) is 5.92 Å². The van der Waals surface area contributed by atoms with Gasteiger partial charge in [-0.1, -0.05) is 26.7 Å². The Morgan fingerprint density at radius 3 is 2.54 bits per heavy atom. The number of rotatable bonds is 4. The van der Waals surface area contributed by atoms with Gasteiger partial charge in [-0.2, -0.15) is 0 Å². The molecule has 1 rings (SSSR count). The Kier molecular flexibility index (Phi) is 3.91. The molecular formula is C11H19NS. The topological polar surface area (TPSA) is 12.9 Å². The smallest absolute Gasteiger partial charge is 0.0900 e. The summed E-state index contributed by atoms with van der Waals surface area (Å²) in [6.45, 7) is 8.78. The van der Waals surface area contributed by atoms with Crippen LogP contribution in [0.4, 0.5) is 0 Å². The Labute approximate surface area is 85.2 Å². The molecule has 74 valence electrons. The van der Waals surface area contributed by atoms with Gasteiger partial charge >= 0.3 is 0 Å². The number of hydrogen-bond acceptors (Lipinski definition) is 2. The summed E-state index contributed by atoms with van der Waals surface area (Å²) in [6.07, 6.45) is 3.93. The van der Waals surface area contributed by atoms with Crippen molar-refractivity contribution in [2.75, 3.05) is 0 Å². The molecule has 0 aliphatic carbocycles. The molecule has 0 amide bonds. The van der Waals surface area contributed by atoms with Crippen molar-refractivity contribution in [2.45, 2.75) is 52.9 Å². The lowest BCUT2D eigenvalue weighted by atomic mass is 10.0. The summed E-state index contributed by atoms with van der Waals surface area (Å²) >= 11 is 1.86. The first kappa shape index (κ1) is 10.7. The SMILES string of the molecule is CCCCC(C)c1sc(C)nc1C. The third-order valence-electron chi connectivity index (χ3n) is 2.38. The Morgan fingerprint density at radius 1 is 1.38 bits per heavy atom. The minimum absolute atomic E-state index is 0.700. The van der Waals surface area contributed by atoms with Crippen LogP contribution in [0.1, 0.15) is 54.6 Å². The molecular weight excluding hydrogens is 178 g/mol. The van der Waals surface area contributed by atoms with E-state index in [4.69, 9.17) is 0 Å². The second-order valence-electron chi connectivity index (χ2n) is 3.73.